The average Bonchev–Trinajstić information content (AvgIpc) is 2.58. The number of anilines is 1. The third kappa shape index (κ3) is 3.99. The molecule has 23 heavy (non-hydrogen) atoms. The van der Waals surface area contributed by atoms with Gasteiger partial charge in [-0.25, -0.2) is 4.98 Å². The minimum atomic E-state index is 0.271. The Kier molecular flexibility index (Phi) is 5.10. The summed E-state index contributed by atoms with van der Waals surface area (Å²) in [6, 6.07) is 0. The van der Waals surface area contributed by atoms with Gasteiger partial charge in [-0.2, -0.15) is 0 Å². The number of rotatable bonds is 3. The molecule has 0 aliphatic carbocycles. The van der Waals surface area contributed by atoms with E-state index in [-0.39, 0.29) is 5.91 Å². The van der Waals surface area contributed by atoms with Crippen molar-refractivity contribution < 1.29 is 9.53 Å². The molecule has 126 valence electrons. The van der Waals surface area contributed by atoms with Crippen LogP contribution in [-0.2, 0) is 9.53 Å². The summed E-state index contributed by atoms with van der Waals surface area (Å²) < 4.78 is 5.48. The molecule has 1 amide bonds. The summed E-state index contributed by atoms with van der Waals surface area (Å²) in [5.74, 6) is 1.63. The Morgan fingerprint density at radius 2 is 2.09 bits per heavy atom. The molecule has 6 heteroatoms. The van der Waals surface area contributed by atoms with Crippen LogP contribution in [0.5, 0.6) is 0 Å². The Morgan fingerprint density at radius 3 is 2.78 bits per heavy atom. The number of nitrogens with zero attached hydrogens (tertiary/aromatic N) is 4. The summed E-state index contributed by atoms with van der Waals surface area (Å²) >= 11 is 0. The Labute approximate surface area is 137 Å². The molecule has 2 fully saturated rings. The quantitative estimate of drug-likeness (QED) is 0.846. The van der Waals surface area contributed by atoms with Crippen LogP contribution in [0.3, 0.4) is 0 Å². The first-order chi connectivity index (χ1) is 11.1. The van der Waals surface area contributed by atoms with Crippen LogP contribution in [0.2, 0.25) is 0 Å². The molecule has 2 aliphatic heterocycles. The van der Waals surface area contributed by atoms with Gasteiger partial charge in [0.15, 0.2) is 0 Å². The van der Waals surface area contributed by atoms with E-state index < -0.39 is 0 Å². The van der Waals surface area contributed by atoms with E-state index in [1.807, 2.05) is 18.7 Å². The van der Waals surface area contributed by atoms with Gasteiger partial charge in [0.05, 0.1) is 11.4 Å². The molecule has 0 bridgehead atoms. The topological polar surface area (TPSA) is 58.6 Å². The molecule has 6 nitrogen and oxygen atoms in total. The molecular formula is C17H26N4O2. The van der Waals surface area contributed by atoms with Gasteiger partial charge in [-0.15, -0.1) is 0 Å². The van der Waals surface area contributed by atoms with Gasteiger partial charge in [0.25, 0.3) is 0 Å². The fourth-order valence-electron chi connectivity index (χ4n) is 3.34. The molecule has 1 aromatic heterocycles. The van der Waals surface area contributed by atoms with E-state index in [1.165, 1.54) is 0 Å². The number of carbonyl (C=O) groups excluding carboxylic acids is 1. The summed E-state index contributed by atoms with van der Waals surface area (Å²) in [4.78, 5) is 25.7. The summed E-state index contributed by atoms with van der Waals surface area (Å²) in [6.07, 6.45) is 4.62. The second kappa shape index (κ2) is 7.25. The third-order valence-corrected chi connectivity index (χ3v) is 4.70. The molecule has 3 heterocycles. The lowest BCUT2D eigenvalue weighted by Gasteiger charge is -2.36. The van der Waals surface area contributed by atoms with Gasteiger partial charge < -0.3 is 14.5 Å². The van der Waals surface area contributed by atoms with Gasteiger partial charge in [-0.05, 0) is 32.6 Å². The first-order valence-corrected chi connectivity index (χ1v) is 8.54. The zero-order chi connectivity index (χ0) is 16.2. The molecule has 2 saturated heterocycles. The molecule has 1 aromatic rings. The van der Waals surface area contributed by atoms with Gasteiger partial charge in [-0.1, -0.05) is 0 Å². The number of hydrogen-bond donors (Lipinski definition) is 0. The van der Waals surface area contributed by atoms with Crippen LogP contribution in [0, 0.1) is 19.8 Å². The Balaban J connectivity index is 1.53. The van der Waals surface area contributed by atoms with E-state index in [9.17, 15) is 4.79 Å². The highest BCUT2D eigenvalue weighted by Gasteiger charge is 2.25. The van der Waals surface area contributed by atoms with Gasteiger partial charge >= 0.3 is 0 Å². The number of aryl methyl sites for hydroxylation is 2. The maximum Gasteiger partial charge on any atom is 0.223 e. The summed E-state index contributed by atoms with van der Waals surface area (Å²) in [6.45, 7) is 8.72. The van der Waals surface area contributed by atoms with Gasteiger partial charge in [0.2, 0.25) is 5.91 Å². The largest absolute Gasteiger partial charge is 0.381 e. The summed E-state index contributed by atoms with van der Waals surface area (Å²) in [5, 5.41) is 0. The fourth-order valence-corrected chi connectivity index (χ4v) is 3.34. The van der Waals surface area contributed by atoms with Crippen LogP contribution in [-0.4, -0.2) is 60.2 Å². The van der Waals surface area contributed by atoms with Crippen molar-refractivity contribution in [1.29, 1.82) is 0 Å². The van der Waals surface area contributed by atoms with Crippen molar-refractivity contribution in [3.8, 4) is 0 Å². The SMILES string of the molecule is Cc1cnc(C)c(N2CCN(C(=O)CC3CCCOC3)CC2)n1. The van der Waals surface area contributed by atoms with Crippen LogP contribution in [0.1, 0.15) is 30.7 Å². The highest BCUT2D eigenvalue weighted by Crippen LogP contribution is 2.21. The lowest BCUT2D eigenvalue weighted by molar-refractivity contribution is -0.133. The number of amides is 1. The van der Waals surface area contributed by atoms with Crippen molar-refractivity contribution >= 4 is 11.7 Å². The van der Waals surface area contributed by atoms with Crippen molar-refractivity contribution in [3.63, 3.8) is 0 Å². The number of hydrogen-bond acceptors (Lipinski definition) is 5. The number of aromatic nitrogens is 2. The van der Waals surface area contributed by atoms with Gasteiger partial charge in [-0.3, -0.25) is 9.78 Å². The minimum absolute atomic E-state index is 0.271. The molecule has 0 radical (unpaired) electrons. The van der Waals surface area contributed by atoms with Crippen LogP contribution in [0.4, 0.5) is 5.82 Å². The van der Waals surface area contributed by atoms with Crippen molar-refractivity contribution in [1.82, 2.24) is 14.9 Å². The van der Waals surface area contributed by atoms with E-state index in [1.54, 1.807) is 6.20 Å². The molecule has 1 atom stereocenters. The fraction of sp³-hybridized carbons (Fsp3) is 0.706. The highest BCUT2D eigenvalue weighted by atomic mass is 16.5. The smallest absolute Gasteiger partial charge is 0.223 e. The standard InChI is InChI=1S/C17H26N4O2/c1-13-11-18-14(2)17(19-13)21-7-5-20(6-8-21)16(22)10-15-4-3-9-23-12-15/h11,15H,3-10,12H2,1-2H3. The predicted octanol–water partition coefficient (Wildman–Crippen LogP) is 1.56. The van der Waals surface area contributed by atoms with Crippen LogP contribution in [0.25, 0.3) is 0 Å². The van der Waals surface area contributed by atoms with Gasteiger partial charge in [0, 0.05) is 52.0 Å². The maximum atomic E-state index is 12.5. The molecule has 0 N–H and O–H groups in total. The molecule has 2 aliphatic rings. The molecule has 0 saturated carbocycles. The molecule has 1 unspecified atom stereocenters. The maximum absolute atomic E-state index is 12.5. The highest BCUT2D eigenvalue weighted by molar-refractivity contribution is 5.76. The lowest BCUT2D eigenvalue weighted by atomic mass is 9.98. The Bertz CT molecular complexity index is 550. The summed E-state index contributed by atoms with van der Waals surface area (Å²) in [7, 11) is 0. The first kappa shape index (κ1) is 16.2. The normalized spacial score (nSPS) is 22.3. The minimum Gasteiger partial charge on any atom is -0.381 e. The van der Waals surface area contributed by atoms with E-state index in [2.05, 4.69) is 14.9 Å². The second-order valence-corrected chi connectivity index (χ2v) is 6.58. The van der Waals surface area contributed by atoms with Gasteiger partial charge in [0.1, 0.15) is 5.82 Å². The zero-order valence-corrected chi connectivity index (χ0v) is 14.1. The van der Waals surface area contributed by atoms with Crippen molar-refractivity contribution in [2.45, 2.75) is 33.1 Å². The zero-order valence-electron chi connectivity index (χ0n) is 14.1. The van der Waals surface area contributed by atoms with Crippen molar-refractivity contribution in [2.24, 2.45) is 5.92 Å². The molecular weight excluding hydrogens is 292 g/mol. The molecule has 3 rings (SSSR count). The monoisotopic (exact) mass is 318 g/mol. The van der Waals surface area contributed by atoms with E-state index in [0.29, 0.717) is 12.3 Å². The summed E-state index contributed by atoms with van der Waals surface area (Å²) in [5.41, 5.74) is 1.89. The first-order valence-electron chi connectivity index (χ1n) is 8.54. The Hall–Kier alpha value is -1.69. The number of ether oxygens (including phenoxy) is 1. The number of piperazine rings is 1. The predicted molar refractivity (Wildman–Crippen MR) is 88.5 cm³/mol. The van der Waals surface area contributed by atoms with E-state index in [0.717, 1.165) is 69.4 Å². The van der Waals surface area contributed by atoms with Crippen LogP contribution in [0.15, 0.2) is 6.20 Å². The average molecular weight is 318 g/mol. The Morgan fingerprint density at radius 1 is 1.30 bits per heavy atom. The number of carbonyl (C=O) groups is 1. The van der Waals surface area contributed by atoms with E-state index >= 15 is 0 Å². The van der Waals surface area contributed by atoms with Crippen LogP contribution >= 0.6 is 0 Å². The molecule has 0 aromatic carbocycles. The lowest BCUT2D eigenvalue weighted by Crippen LogP contribution is -2.49. The third-order valence-electron chi connectivity index (χ3n) is 4.70. The van der Waals surface area contributed by atoms with Crippen LogP contribution < -0.4 is 4.90 Å². The second-order valence-electron chi connectivity index (χ2n) is 6.58. The van der Waals surface area contributed by atoms with Crippen molar-refractivity contribution in [3.05, 3.63) is 17.6 Å². The van der Waals surface area contributed by atoms with Crippen molar-refractivity contribution in [2.75, 3.05) is 44.3 Å². The molecule has 0 spiro atoms. The van der Waals surface area contributed by atoms with E-state index in [4.69, 9.17) is 4.74 Å².